The van der Waals surface area contributed by atoms with E-state index in [-0.39, 0.29) is 16.1 Å². The van der Waals surface area contributed by atoms with Crippen molar-refractivity contribution < 1.29 is 13.2 Å². The van der Waals surface area contributed by atoms with Gasteiger partial charge in [-0.05, 0) is 69.2 Å². The van der Waals surface area contributed by atoms with E-state index in [4.69, 9.17) is 0 Å². The fraction of sp³-hybridized carbons (Fsp3) is 0.542. The van der Waals surface area contributed by atoms with E-state index in [9.17, 15) is 13.2 Å². The van der Waals surface area contributed by atoms with Crippen LogP contribution in [0.4, 0.5) is 11.6 Å². The summed E-state index contributed by atoms with van der Waals surface area (Å²) >= 11 is 0. The van der Waals surface area contributed by atoms with Crippen LogP contribution in [0.2, 0.25) is 0 Å². The molecule has 1 N–H and O–H groups in total. The molecule has 2 aliphatic heterocycles. The number of amides is 1. The molecule has 1 unspecified atom stereocenters. The molecule has 2 aliphatic rings. The van der Waals surface area contributed by atoms with Crippen molar-refractivity contribution in [2.24, 2.45) is 11.8 Å². The van der Waals surface area contributed by atoms with Gasteiger partial charge in [-0.2, -0.15) is 8.42 Å². The first kappa shape index (κ1) is 23.5. The van der Waals surface area contributed by atoms with Crippen LogP contribution in [0, 0.1) is 11.8 Å². The van der Waals surface area contributed by atoms with E-state index in [0.29, 0.717) is 23.5 Å². The van der Waals surface area contributed by atoms with Crippen LogP contribution in [0.25, 0.3) is 0 Å². The third kappa shape index (κ3) is 4.69. The molecule has 0 radical (unpaired) electrons. The molecule has 9 heteroatoms. The monoisotopic (exact) mass is 471 g/mol. The predicted octanol–water partition coefficient (Wildman–Crippen LogP) is 3.46. The molecule has 0 spiro atoms. The van der Waals surface area contributed by atoms with E-state index in [2.05, 4.69) is 52.2 Å². The molecule has 1 atom stereocenters. The molecule has 4 heterocycles. The fourth-order valence-corrected chi connectivity index (χ4v) is 5.53. The fourth-order valence-electron chi connectivity index (χ4n) is 4.60. The summed E-state index contributed by atoms with van der Waals surface area (Å²) in [4.78, 5) is 26.1. The first-order chi connectivity index (χ1) is 15.6. The van der Waals surface area contributed by atoms with Gasteiger partial charge < -0.3 is 9.80 Å². The van der Waals surface area contributed by atoms with Gasteiger partial charge in [0.15, 0.2) is 5.03 Å². The van der Waals surface area contributed by atoms with E-state index in [1.165, 1.54) is 6.07 Å². The van der Waals surface area contributed by atoms with Gasteiger partial charge in [0, 0.05) is 31.4 Å². The Morgan fingerprint density at radius 3 is 2.45 bits per heavy atom. The maximum absolute atomic E-state index is 13.1. The Labute approximate surface area is 196 Å². The van der Waals surface area contributed by atoms with Crippen molar-refractivity contribution in [3.8, 4) is 0 Å². The minimum atomic E-state index is -4.14. The third-order valence-corrected chi connectivity index (χ3v) is 8.53. The molecule has 178 valence electrons. The van der Waals surface area contributed by atoms with E-state index < -0.39 is 15.9 Å². The standard InChI is InChI=1S/C24H33N5O3S/c1-17-10-14-28(15-11-17)20-8-5-9-21(26-20)33(31,32)27-23(30)19-7-6-13-25-22(19)29-16-12-18(2)24(29,3)4/h5-9,13,17-18H,10-12,14-16H2,1-4H3,(H,27,30). The van der Waals surface area contributed by atoms with Crippen LogP contribution in [0.3, 0.4) is 0 Å². The lowest BCUT2D eigenvalue weighted by atomic mass is 9.90. The van der Waals surface area contributed by atoms with Crippen LogP contribution in [0.1, 0.15) is 57.3 Å². The summed E-state index contributed by atoms with van der Waals surface area (Å²) in [5, 5.41) is -0.160. The van der Waals surface area contributed by atoms with Gasteiger partial charge in [0.1, 0.15) is 11.6 Å². The van der Waals surface area contributed by atoms with Crippen molar-refractivity contribution in [2.75, 3.05) is 29.4 Å². The van der Waals surface area contributed by atoms with Crippen LogP contribution in [0.15, 0.2) is 41.6 Å². The number of nitrogens with zero attached hydrogens (tertiary/aromatic N) is 4. The van der Waals surface area contributed by atoms with Crippen molar-refractivity contribution in [3.63, 3.8) is 0 Å². The predicted molar refractivity (Wildman–Crippen MR) is 129 cm³/mol. The van der Waals surface area contributed by atoms with Crippen molar-refractivity contribution in [1.29, 1.82) is 0 Å². The maximum atomic E-state index is 13.1. The minimum Gasteiger partial charge on any atom is -0.357 e. The van der Waals surface area contributed by atoms with E-state index in [0.717, 1.165) is 38.9 Å². The summed E-state index contributed by atoms with van der Waals surface area (Å²) in [5.74, 6) is 1.50. The van der Waals surface area contributed by atoms with E-state index in [1.807, 2.05) is 6.07 Å². The number of hydrogen-bond donors (Lipinski definition) is 1. The Balaban J connectivity index is 1.57. The molecule has 2 aromatic heterocycles. The second-order valence-corrected chi connectivity index (χ2v) is 11.4. The molecule has 4 rings (SSSR count). The normalized spacial score (nSPS) is 21.3. The molecule has 0 saturated carbocycles. The molecule has 33 heavy (non-hydrogen) atoms. The second kappa shape index (κ2) is 8.93. The van der Waals surface area contributed by atoms with Crippen molar-refractivity contribution in [1.82, 2.24) is 14.7 Å². The molecule has 2 aromatic rings. The first-order valence-corrected chi connectivity index (χ1v) is 13.1. The number of hydrogen-bond acceptors (Lipinski definition) is 7. The Kier molecular flexibility index (Phi) is 6.35. The van der Waals surface area contributed by atoms with Crippen molar-refractivity contribution >= 4 is 27.6 Å². The highest BCUT2D eigenvalue weighted by Gasteiger charge is 2.40. The Morgan fingerprint density at radius 1 is 1.06 bits per heavy atom. The largest absolute Gasteiger partial charge is 0.357 e. The molecule has 1 amide bonds. The Bertz CT molecular complexity index is 1130. The molecule has 0 aromatic carbocycles. The quantitative estimate of drug-likeness (QED) is 0.713. The molecular weight excluding hydrogens is 438 g/mol. The van der Waals surface area contributed by atoms with Crippen molar-refractivity contribution in [3.05, 3.63) is 42.1 Å². The average molecular weight is 472 g/mol. The number of rotatable bonds is 5. The minimum absolute atomic E-state index is 0.160. The lowest BCUT2D eigenvalue weighted by Gasteiger charge is -2.36. The highest BCUT2D eigenvalue weighted by Crippen LogP contribution is 2.38. The smallest absolute Gasteiger partial charge is 0.281 e. The summed E-state index contributed by atoms with van der Waals surface area (Å²) in [7, 11) is -4.14. The summed E-state index contributed by atoms with van der Waals surface area (Å²) in [6.45, 7) is 11.1. The number of sulfonamides is 1. The number of carbonyl (C=O) groups excluding carboxylic acids is 1. The zero-order valence-electron chi connectivity index (χ0n) is 19.8. The molecule has 2 fully saturated rings. The zero-order chi connectivity index (χ0) is 23.8. The van der Waals surface area contributed by atoms with Gasteiger partial charge in [-0.25, -0.2) is 14.7 Å². The number of carbonyl (C=O) groups is 1. The van der Waals surface area contributed by atoms with Gasteiger partial charge in [-0.3, -0.25) is 4.79 Å². The molecule has 2 saturated heterocycles. The maximum Gasteiger partial charge on any atom is 0.281 e. The molecular formula is C24H33N5O3S. The topological polar surface area (TPSA) is 95.5 Å². The average Bonchev–Trinajstić information content (AvgIpc) is 3.06. The highest BCUT2D eigenvalue weighted by molar-refractivity contribution is 7.90. The summed E-state index contributed by atoms with van der Waals surface area (Å²) in [6, 6.07) is 8.16. The van der Waals surface area contributed by atoms with Crippen molar-refractivity contribution in [2.45, 2.75) is 57.5 Å². The number of anilines is 2. The number of piperidine rings is 1. The van der Waals surface area contributed by atoms with Crippen LogP contribution < -0.4 is 14.5 Å². The van der Waals surface area contributed by atoms with Gasteiger partial charge in [0.2, 0.25) is 0 Å². The van der Waals surface area contributed by atoms with Crippen LogP contribution in [-0.2, 0) is 10.0 Å². The number of nitrogens with one attached hydrogen (secondary N) is 1. The SMILES string of the molecule is CC1CCN(c2cccc(S(=O)(=O)NC(=O)c3cccnc3N3CCC(C)C3(C)C)n2)CC1. The van der Waals surface area contributed by atoms with Gasteiger partial charge in [0.05, 0.1) is 5.56 Å². The van der Waals surface area contributed by atoms with Crippen LogP contribution in [-0.4, -0.2) is 49.5 Å². The molecule has 8 nitrogen and oxygen atoms in total. The third-order valence-electron chi connectivity index (χ3n) is 7.29. The Morgan fingerprint density at radius 2 is 1.79 bits per heavy atom. The van der Waals surface area contributed by atoms with E-state index >= 15 is 0 Å². The van der Waals surface area contributed by atoms with Gasteiger partial charge in [-0.15, -0.1) is 0 Å². The highest BCUT2D eigenvalue weighted by atomic mass is 32.2. The van der Waals surface area contributed by atoms with E-state index in [1.54, 1.807) is 24.4 Å². The number of pyridine rings is 2. The van der Waals surface area contributed by atoms with Gasteiger partial charge >= 0.3 is 0 Å². The second-order valence-electron chi connectivity index (χ2n) is 9.81. The summed E-state index contributed by atoms with van der Waals surface area (Å²) < 4.78 is 28.4. The zero-order valence-corrected chi connectivity index (χ0v) is 20.6. The summed E-state index contributed by atoms with van der Waals surface area (Å²) in [6.07, 6.45) is 4.70. The number of aromatic nitrogens is 2. The molecule has 0 aliphatic carbocycles. The first-order valence-electron chi connectivity index (χ1n) is 11.6. The summed E-state index contributed by atoms with van der Waals surface area (Å²) in [5.41, 5.74) is 0.0498. The molecule has 0 bridgehead atoms. The van der Waals surface area contributed by atoms with Crippen LogP contribution >= 0.6 is 0 Å². The lowest BCUT2D eigenvalue weighted by Crippen LogP contribution is -2.43. The van der Waals surface area contributed by atoms with Crippen LogP contribution in [0.5, 0.6) is 0 Å². The Hall–Kier alpha value is -2.68. The van der Waals surface area contributed by atoms with Gasteiger partial charge in [0.25, 0.3) is 15.9 Å². The lowest BCUT2D eigenvalue weighted by molar-refractivity contribution is 0.0981. The van der Waals surface area contributed by atoms with Gasteiger partial charge in [-0.1, -0.05) is 19.9 Å².